The van der Waals surface area contributed by atoms with E-state index in [4.69, 9.17) is 0 Å². The minimum Gasteiger partial charge on any atom is -1.00 e. The molecule has 8 heavy (non-hydrogen) atoms. The Labute approximate surface area is 88.7 Å². The zero-order valence-corrected chi connectivity index (χ0v) is 6.92. The van der Waals surface area contributed by atoms with Crippen LogP contribution >= 0.6 is 0 Å². The maximum atomic E-state index is 0. The van der Waals surface area contributed by atoms with Crippen molar-refractivity contribution in [3.05, 3.63) is 0 Å². The fraction of sp³-hybridized carbons (Fsp3) is 0. The Morgan fingerprint density at radius 2 is 0.500 bits per heavy atom. The van der Waals surface area contributed by atoms with Gasteiger partial charge in [0.1, 0.15) is 0 Å². The molecule has 8 heteroatoms. The molecule has 0 saturated heterocycles. The molecule has 0 fully saturated rings. The molecule has 0 rings (SSSR count). The molecule has 0 saturated carbocycles. The van der Waals surface area contributed by atoms with Gasteiger partial charge in [-0.2, -0.15) is 0 Å². The molecule has 10 N–H and O–H groups in total. The van der Waals surface area contributed by atoms with Crippen molar-refractivity contribution in [1.82, 2.24) is 0 Å². The summed E-state index contributed by atoms with van der Waals surface area (Å²) in [5, 5.41) is 0. The summed E-state index contributed by atoms with van der Waals surface area (Å²) in [7, 11) is 0. The van der Waals surface area contributed by atoms with Crippen LogP contribution < -0.4 is 37.7 Å². The van der Waals surface area contributed by atoms with Gasteiger partial charge < -0.3 is 30.2 Å². The Morgan fingerprint density at radius 1 is 0.500 bits per heavy atom. The van der Waals surface area contributed by atoms with Gasteiger partial charge in [0.15, 0.2) is 0 Å². The second-order valence-corrected chi connectivity index (χ2v) is 0. The third-order valence-corrected chi connectivity index (χ3v) is 0. The van der Waals surface area contributed by atoms with Crippen LogP contribution in [-0.4, -0.2) is 27.4 Å². The molecule has 0 radical (unpaired) electrons. The van der Waals surface area contributed by atoms with E-state index in [-0.39, 0.29) is 89.0 Å². The molecule has 0 aromatic heterocycles. The van der Waals surface area contributed by atoms with Gasteiger partial charge in [-0.1, -0.05) is 0 Å². The van der Waals surface area contributed by atoms with Crippen LogP contribution in [0.3, 0.4) is 0 Å². The molecule has 0 aromatic carbocycles. The van der Waals surface area contributed by atoms with E-state index in [1.54, 1.807) is 0 Å². The second-order valence-electron chi connectivity index (χ2n) is 0. The summed E-state index contributed by atoms with van der Waals surface area (Å²) < 4.78 is 0. The summed E-state index contributed by atoms with van der Waals surface area (Å²) in [5.74, 6) is 0. The Bertz CT molecular complexity index is 17.6. The van der Waals surface area contributed by atoms with Crippen molar-refractivity contribution in [3.8, 4) is 0 Å². The van der Waals surface area contributed by atoms with Gasteiger partial charge in [-0.15, -0.1) is 0 Å². The Balaban J connectivity index is 0. The van der Waals surface area contributed by atoms with Crippen molar-refractivity contribution < 1.29 is 89.0 Å². The molecule has 0 atom stereocenters. The van der Waals surface area contributed by atoms with E-state index in [2.05, 4.69) is 0 Å². The molecule has 0 spiro atoms. The average Bonchev–Trinajstić information content (AvgIpc) is 0. The van der Waals surface area contributed by atoms with E-state index in [0.717, 1.165) is 0 Å². The van der Waals surface area contributed by atoms with E-state index in [1.165, 1.54) is 0 Å². The summed E-state index contributed by atoms with van der Waals surface area (Å²) in [4.78, 5) is 0. The van der Waals surface area contributed by atoms with Crippen molar-refractivity contribution >= 4 is 0 Å². The van der Waals surface area contributed by atoms with Crippen LogP contribution in [0.1, 0.15) is 2.85 Å². The second kappa shape index (κ2) is 181. The van der Waals surface area contributed by atoms with E-state index in [1.807, 2.05) is 0 Å². The van der Waals surface area contributed by atoms with Crippen LogP contribution in [0.25, 0.3) is 0 Å². The molecular weight excluding hydrogens is 190 g/mol. The van der Waals surface area contributed by atoms with Gasteiger partial charge in [-0.25, -0.2) is 0 Å². The fourth-order valence-corrected chi connectivity index (χ4v) is 0. The third kappa shape index (κ3) is 121. The van der Waals surface area contributed by atoms with Crippen LogP contribution in [0.5, 0.6) is 0 Å². The van der Waals surface area contributed by atoms with Gasteiger partial charge >= 0.3 is 37.7 Å². The van der Waals surface area contributed by atoms with E-state index in [9.17, 15) is 0 Å². The largest absolute Gasteiger partial charge is 1.00 e. The van der Waals surface area contributed by atoms with Crippen LogP contribution in [0.15, 0.2) is 0 Å². The van der Waals surface area contributed by atoms with Crippen molar-refractivity contribution in [2.75, 3.05) is 0 Å². The Kier molecular flexibility index (Phi) is 5830. The summed E-state index contributed by atoms with van der Waals surface area (Å²) in [5.41, 5.74) is 0. The molecule has 0 bridgehead atoms. The van der Waals surface area contributed by atoms with Crippen LogP contribution in [0.4, 0.5) is 0 Å². The molecule has 5 nitrogen and oxygen atoms in total. The number of rotatable bonds is 0. The molecule has 0 unspecified atom stereocenters. The van der Waals surface area contributed by atoms with E-state index < -0.39 is 0 Å². The maximum absolute atomic E-state index is 0. The minimum absolute atomic E-state index is 0. The fourth-order valence-electron chi connectivity index (χ4n) is 0. The first-order chi connectivity index (χ1) is 0. The monoisotopic (exact) mass is 204 g/mol. The Morgan fingerprint density at radius 3 is 0.500 bits per heavy atom. The predicted octanol–water partition coefficient (Wildman–Crippen LogP) is -9.89. The number of hydrogen-bond acceptors (Lipinski definition) is 0. The molecule has 0 aromatic rings. The average molecular weight is 202 g/mol. The summed E-state index contributed by atoms with van der Waals surface area (Å²) in [6.45, 7) is 0. The molecule has 0 amide bonds. The Hall–Kier alpha value is 1.68. The molecule has 0 aliphatic heterocycles. The standard InChI is InChI=1S/2Li.Mo.5H2O.2H/h;;;5*1H2;;/q2*+1;;;;;;;2*-1. The van der Waals surface area contributed by atoms with Gasteiger partial charge in [0, 0.05) is 21.1 Å². The van der Waals surface area contributed by atoms with Crippen LogP contribution in [0.2, 0.25) is 0 Å². The molecular formula is H12Li2MoO5. The van der Waals surface area contributed by atoms with E-state index in [0.29, 0.717) is 0 Å². The van der Waals surface area contributed by atoms with Gasteiger partial charge in [-0.05, 0) is 0 Å². The van der Waals surface area contributed by atoms with E-state index >= 15 is 0 Å². The normalized spacial score (nSPS) is 0. The van der Waals surface area contributed by atoms with Crippen molar-refractivity contribution in [1.29, 1.82) is 0 Å². The number of hydrogen-bond donors (Lipinski definition) is 0. The summed E-state index contributed by atoms with van der Waals surface area (Å²) >= 11 is 0. The first-order valence-corrected chi connectivity index (χ1v) is 0. The SMILES string of the molecule is O.O.O.O.O.[H-].[H-].[Li+].[Li+].[Mo]. The van der Waals surface area contributed by atoms with Crippen molar-refractivity contribution in [3.63, 3.8) is 0 Å². The van der Waals surface area contributed by atoms with Crippen LogP contribution in [-0.2, 0) is 21.1 Å². The maximum Gasteiger partial charge on any atom is 1.00 e. The quantitative estimate of drug-likeness (QED) is 0.341. The summed E-state index contributed by atoms with van der Waals surface area (Å²) in [6.07, 6.45) is 0. The van der Waals surface area contributed by atoms with Crippen LogP contribution in [0, 0.1) is 0 Å². The zero-order chi connectivity index (χ0) is 0. The van der Waals surface area contributed by atoms with Crippen molar-refractivity contribution in [2.45, 2.75) is 0 Å². The topological polar surface area (TPSA) is 158 Å². The summed E-state index contributed by atoms with van der Waals surface area (Å²) in [6, 6.07) is 0. The first-order valence-electron chi connectivity index (χ1n) is 0. The first kappa shape index (κ1) is 258. The molecule has 50 valence electrons. The molecule has 0 aliphatic carbocycles. The van der Waals surface area contributed by atoms with Crippen molar-refractivity contribution in [2.24, 2.45) is 0 Å². The molecule has 0 heterocycles. The van der Waals surface area contributed by atoms with Gasteiger partial charge in [0.2, 0.25) is 0 Å². The smallest absolute Gasteiger partial charge is 1.00 e. The minimum atomic E-state index is 0. The predicted molar refractivity (Wildman–Crippen MR) is 20.3 cm³/mol. The van der Waals surface area contributed by atoms with Gasteiger partial charge in [0.05, 0.1) is 0 Å². The molecule has 0 aliphatic rings. The zero-order valence-electron chi connectivity index (χ0n) is 6.91. The van der Waals surface area contributed by atoms with Gasteiger partial charge in [-0.3, -0.25) is 0 Å². The van der Waals surface area contributed by atoms with Gasteiger partial charge in [0.25, 0.3) is 0 Å². The third-order valence-electron chi connectivity index (χ3n) is 0.